The molecule has 0 unspecified atom stereocenters. The molecule has 0 bridgehead atoms. The van der Waals surface area contributed by atoms with Crippen LogP contribution in [-0.2, 0) is 11.2 Å². The van der Waals surface area contributed by atoms with Gasteiger partial charge in [-0.1, -0.05) is 18.2 Å². The number of carbonyl (C=O) groups excluding carboxylic acids is 1. The van der Waals surface area contributed by atoms with Crippen LogP contribution in [0.15, 0.2) is 54.9 Å². The lowest BCUT2D eigenvalue weighted by molar-refractivity contribution is -0.117. The van der Waals surface area contributed by atoms with E-state index in [2.05, 4.69) is 4.98 Å². The van der Waals surface area contributed by atoms with Gasteiger partial charge in [0.1, 0.15) is 0 Å². The first kappa shape index (κ1) is 11.3. The number of nitrogens with zero attached hydrogens (tertiary/aromatic N) is 2. The lowest BCUT2D eigenvalue weighted by Crippen LogP contribution is -2.27. The van der Waals surface area contributed by atoms with E-state index in [4.69, 9.17) is 0 Å². The Balaban J connectivity index is 2.06. The molecule has 1 heterocycles. The minimum absolute atomic E-state index is 0.0717. The van der Waals surface area contributed by atoms with Gasteiger partial charge in [-0.2, -0.15) is 0 Å². The second kappa shape index (κ2) is 5.25. The smallest absolute Gasteiger partial charge is 0.231 e. The van der Waals surface area contributed by atoms with E-state index in [1.807, 2.05) is 42.5 Å². The normalized spacial score (nSPS) is 9.94. The number of amides is 1. The molecule has 0 N–H and O–H groups in total. The fourth-order valence-electron chi connectivity index (χ4n) is 1.59. The van der Waals surface area contributed by atoms with Crippen LogP contribution in [0.4, 0.5) is 5.69 Å². The molecule has 1 aromatic carbocycles. The van der Waals surface area contributed by atoms with Crippen LogP contribution in [0.2, 0.25) is 0 Å². The van der Waals surface area contributed by atoms with Crippen molar-refractivity contribution in [3.05, 3.63) is 60.4 Å². The molecule has 0 aliphatic carbocycles. The second-order valence-corrected chi connectivity index (χ2v) is 3.82. The Bertz CT molecular complexity index is 482. The van der Waals surface area contributed by atoms with Crippen molar-refractivity contribution in [1.29, 1.82) is 0 Å². The van der Waals surface area contributed by atoms with Gasteiger partial charge in [-0.15, -0.1) is 0 Å². The number of carbonyl (C=O) groups is 1. The third-order valence-corrected chi connectivity index (χ3v) is 2.62. The van der Waals surface area contributed by atoms with E-state index < -0.39 is 0 Å². The molecule has 3 heteroatoms. The first-order valence-electron chi connectivity index (χ1n) is 5.48. The van der Waals surface area contributed by atoms with Crippen LogP contribution in [0.5, 0.6) is 0 Å². The summed E-state index contributed by atoms with van der Waals surface area (Å²) < 4.78 is 0. The van der Waals surface area contributed by atoms with E-state index in [-0.39, 0.29) is 5.91 Å². The van der Waals surface area contributed by atoms with Gasteiger partial charge >= 0.3 is 0 Å². The van der Waals surface area contributed by atoms with Crippen molar-refractivity contribution in [2.45, 2.75) is 6.42 Å². The summed E-state index contributed by atoms with van der Waals surface area (Å²) in [5, 5.41) is 0. The highest BCUT2D eigenvalue weighted by molar-refractivity contribution is 5.94. The number of hydrogen-bond acceptors (Lipinski definition) is 2. The maximum Gasteiger partial charge on any atom is 0.231 e. The van der Waals surface area contributed by atoms with Gasteiger partial charge < -0.3 is 4.90 Å². The fraction of sp³-hybridized carbons (Fsp3) is 0.143. The van der Waals surface area contributed by atoms with Gasteiger partial charge in [0.25, 0.3) is 0 Å². The number of aromatic nitrogens is 1. The summed E-state index contributed by atoms with van der Waals surface area (Å²) >= 11 is 0. The molecule has 0 fully saturated rings. The SMILES string of the molecule is CN(C(=O)Cc1ccncc1)c1ccccc1. The topological polar surface area (TPSA) is 33.2 Å². The van der Waals surface area contributed by atoms with Crippen LogP contribution in [-0.4, -0.2) is 17.9 Å². The Morgan fingerprint density at radius 3 is 2.41 bits per heavy atom. The Morgan fingerprint density at radius 1 is 1.12 bits per heavy atom. The Labute approximate surface area is 101 Å². The van der Waals surface area contributed by atoms with E-state index >= 15 is 0 Å². The van der Waals surface area contributed by atoms with Crippen LogP contribution >= 0.6 is 0 Å². The average molecular weight is 226 g/mol. The van der Waals surface area contributed by atoms with E-state index in [0.29, 0.717) is 6.42 Å². The Hall–Kier alpha value is -2.16. The third kappa shape index (κ3) is 2.91. The molecular formula is C14H14N2O. The minimum Gasteiger partial charge on any atom is -0.315 e. The maximum atomic E-state index is 12.0. The summed E-state index contributed by atoms with van der Waals surface area (Å²) in [5.41, 5.74) is 1.89. The monoisotopic (exact) mass is 226 g/mol. The van der Waals surface area contributed by atoms with Crippen molar-refractivity contribution in [3.63, 3.8) is 0 Å². The molecule has 0 aliphatic rings. The zero-order chi connectivity index (χ0) is 12.1. The zero-order valence-corrected chi connectivity index (χ0v) is 9.71. The van der Waals surface area contributed by atoms with Gasteiger partial charge in [0.2, 0.25) is 5.91 Å². The molecule has 17 heavy (non-hydrogen) atoms. The molecule has 2 rings (SSSR count). The number of pyridine rings is 1. The van der Waals surface area contributed by atoms with Crippen molar-refractivity contribution < 1.29 is 4.79 Å². The summed E-state index contributed by atoms with van der Waals surface area (Å²) in [6.07, 6.45) is 3.80. The highest BCUT2D eigenvalue weighted by Gasteiger charge is 2.10. The van der Waals surface area contributed by atoms with E-state index in [9.17, 15) is 4.79 Å². The summed E-state index contributed by atoms with van der Waals surface area (Å²) in [6, 6.07) is 13.3. The minimum atomic E-state index is 0.0717. The van der Waals surface area contributed by atoms with Crippen molar-refractivity contribution in [1.82, 2.24) is 4.98 Å². The number of hydrogen-bond donors (Lipinski definition) is 0. The molecule has 0 radical (unpaired) electrons. The predicted molar refractivity (Wildman–Crippen MR) is 67.8 cm³/mol. The lowest BCUT2D eigenvalue weighted by Gasteiger charge is -2.17. The Kier molecular flexibility index (Phi) is 3.50. The van der Waals surface area contributed by atoms with E-state index in [1.165, 1.54) is 0 Å². The van der Waals surface area contributed by atoms with Crippen molar-refractivity contribution in [3.8, 4) is 0 Å². The molecule has 0 aliphatic heterocycles. The highest BCUT2D eigenvalue weighted by Crippen LogP contribution is 2.12. The van der Waals surface area contributed by atoms with Gasteiger partial charge in [-0.25, -0.2) is 0 Å². The standard InChI is InChI=1S/C14H14N2O/c1-16(13-5-3-2-4-6-13)14(17)11-12-7-9-15-10-8-12/h2-10H,11H2,1H3. The van der Waals surface area contributed by atoms with Crippen molar-refractivity contribution in [2.24, 2.45) is 0 Å². The number of para-hydroxylation sites is 1. The molecule has 3 nitrogen and oxygen atoms in total. The van der Waals surface area contributed by atoms with E-state index in [1.54, 1.807) is 24.3 Å². The molecule has 1 aromatic heterocycles. The number of likely N-dealkylation sites (N-methyl/N-ethyl adjacent to an activating group) is 1. The number of anilines is 1. The summed E-state index contributed by atoms with van der Waals surface area (Å²) in [4.78, 5) is 17.6. The number of rotatable bonds is 3. The molecule has 2 aromatic rings. The van der Waals surface area contributed by atoms with Crippen LogP contribution in [0, 0.1) is 0 Å². The molecule has 0 saturated heterocycles. The second-order valence-electron chi connectivity index (χ2n) is 3.82. The van der Waals surface area contributed by atoms with Crippen LogP contribution in [0.25, 0.3) is 0 Å². The van der Waals surface area contributed by atoms with Gasteiger partial charge in [0.15, 0.2) is 0 Å². The molecule has 0 spiro atoms. The first-order chi connectivity index (χ1) is 8.27. The van der Waals surface area contributed by atoms with Crippen LogP contribution in [0.1, 0.15) is 5.56 Å². The molecular weight excluding hydrogens is 212 g/mol. The molecule has 1 amide bonds. The van der Waals surface area contributed by atoms with Gasteiger partial charge in [0, 0.05) is 25.1 Å². The molecule has 0 saturated carbocycles. The molecule has 86 valence electrons. The third-order valence-electron chi connectivity index (χ3n) is 2.62. The van der Waals surface area contributed by atoms with Crippen LogP contribution in [0.3, 0.4) is 0 Å². The van der Waals surface area contributed by atoms with Crippen molar-refractivity contribution in [2.75, 3.05) is 11.9 Å². The quantitative estimate of drug-likeness (QED) is 0.804. The van der Waals surface area contributed by atoms with Gasteiger partial charge in [-0.3, -0.25) is 9.78 Å². The fourth-order valence-corrected chi connectivity index (χ4v) is 1.59. The summed E-state index contributed by atoms with van der Waals surface area (Å²) in [6.45, 7) is 0. The molecule has 0 atom stereocenters. The van der Waals surface area contributed by atoms with Crippen LogP contribution < -0.4 is 4.90 Å². The van der Waals surface area contributed by atoms with Crippen molar-refractivity contribution >= 4 is 11.6 Å². The van der Waals surface area contributed by atoms with E-state index in [0.717, 1.165) is 11.3 Å². The first-order valence-corrected chi connectivity index (χ1v) is 5.48. The zero-order valence-electron chi connectivity index (χ0n) is 9.71. The summed E-state index contributed by atoms with van der Waals surface area (Å²) in [5.74, 6) is 0.0717. The Morgan fingerprint density at radius 2 is 1.76 bits per heavy atom. The lowest BCUT2D eigenvalue weighted by atomic mass is 10.2. The maximum absolute atomic E-state index is 12.0. The van der Waals surface area contributed by atoms with Gasteiger partial charge in [-0.05, 0) is 29.8 Å². The highest BCUT2D eigenvalue weighted by atomic mass is 16.2. The summed E-state index contributed by atoms with van der Waals surface area (Å²) in [7, 11) is 1.79. The van der Waals surface area contributed by atoms with Gasteiger partial charge in [0.05, 0.1) is 6.42 Å². The predicted octanol–water partition coefficient (Wildman–Crippen LogP) is 2.29. The average Bonchev–Trinajstić information content (AvgIpc) is 2.40. The number of benzene rings is 1. The largest absolute Gasteiger partial charge is 0.315 e.